The van der Waals surface area contributed by atoms with Crippen LogP contribution in [0, 0.1) is 0 Å². The molecular formula is C53H58BrN4OP. The van der Waals surface area contributed by atoms with Crippen LogP contribution < -0.4 is 37.6 Å². The third kappa shape index (κ3) is 11.6. The summed E-state index contributed by atoms with van der Waals surface area (Å²) in [7, 11) is 2.36. The Balaban J connectivity index is 0.00000604. The van der Waals surface area contributed by atoms with Gasteiger partial charge in [0.2, 0.25) is 0 Å². The van der Waals surface area contributed by atoms with Crippen molar-refractivity contribution in [3.8, 4) is 5.75 Å². The highest BCUT2D eigenvalue weighted by Crippen LogP contribution is 2.56. The molecule has 5 nitrogen and oxygen atoms in total. The largest absolute Gasteiger partial charge is 1.00 e. The van der Waals surface area contributed by atoms with Crippen LogP contribution in [0.25, 0.3) is 11.1 Å². The predicted octanol–water partition coefficient (Wildman–Crippen LogP) is 7.95. The van der Waals surface area contributed by atoms with Gasteiger partial charge in [-0.25, -0.2) is 0 Å². The average molecular weight is 878 g/mol. The first-order valence-corrected chi connectivity index (χ1v) is 23.3. The summed E-state index contributed by atoms with van der Waals surface area (Å²) in [6.07, 6.45) is 11.8. The van der Waals surface area contributed by atoms with Gasteiger partial charge in [0.1, 0.15) is 41.2 Å². The van der Waals surface area contributed by atoms with Crippen LogP contribution in [0.3, 0.4) is 0 Å². The first-order chi connectivity index (χ1) is 29.1. The van der Waals surface area contributed by atoms with Gasteiger partial charge in [-0.15, -0.1) is 5.10 Å². The van der Waals surface area contributed by atoms with Crippen molar-refractivity contribution in [3.63, 3.8) is 0 Å². The van der Waals surface area contributed by atoms with Crippen LogP contribution in [0.5, 0.6) is 5.75 Å². The zero-order valence-electron chi connectivity index (χ0n) is 35.1. The smallest absolute Gasteiger partial charge is 0.119 e. The second-order valence-corrected chi connectivity index (χ2v) is 19.2. The first kappa shape index (κ1) is 44.4. The lowest BCUT2D eigenvalue weighted by Gasteiger charge is -2.27. The summed E-state index contributed by atoms with van der Waals surface area (Å²) in [4.78, 5) is 2.13. The average Bonchev–Trinajstić information content (AvgIpc) is 3.76. The summed E-state index contributed by atoms with van der Waals surface area (Å²) in [5.74, 6) is 0.868. The maximum atomic E-state index is 6.04. The van der Waals surface area contributed by atoms with Crippen molar-refractivity contribution in [2.75, 3.05) is 33.4 Å². The molecule has 7 heteroatoms. The lowest BCUT2D eigenvalue weighted by molar-refractivity contribution is -0.0000123. The van der Waals surface area contributed by atoms with Crippen molar-refractivity contribution in [1.29, 1.82) is 0 Å². The summed E-state index contributed by atoms with van der Waals surface area (Å²) >= 11 is 0. The molecule has 0 aliphatic rings. The minimum Gasteiger partial charge on any atom is -1.00 e. The molecule has 0 spiro atoms. The molecule has 0 saturated heterocycles. The van der Waals surface area contributed by atoms with Crippen LogP contribution in [-0.2, 0) is 6.54 Å². The number of aromatic nitrogens is 3. The fourth-order valence-corrected chi connectivity index (χ4v) is 12.5. The number of hydrogen-bond donors (Lipinski definition) is 0. The second-order valence-electron chi connectivity index (χ2n) is 15.5. The number of unbranched alkanes of at least 4 members (excludes halogenated alkanes) is 6. The molecule has 0 unspecified atom stereocenters. The van der Waals surface area contributed by atoms with Crippen molar-refractivity contribution in [3.05, 3.63) is 205 Å². The van der Waals surface area contributed by atoms with Crippen molar-refractivity contribution >= 4 is 34.3 Å². The lowest BCUT2D eigenvalue weighted by atomic mass is 9.88. The maximum Gasteiger partial charge on any atom is 0.119 e. The monoisotopic (exact) mass is 876 g/mol. The first-order valence-electron chi connectivity index (χ1n) is 21.3. The van der Waals surface area contributed by atoms with Crippen molar-refractivity contribution < 1.29 is 21.7 Å². The van der Waals surface area contributed by atoms with Gasteiger partial charge >= 0.3 is 0 Å². The Bertz CT molecular complexity index is 2200. The molecule has 0 bridgehead atoms. The number of nitrogens with zero attached hydrogens (tertiary/aromatic N) is 4. The van der Waals surface area contributed by atoms with E-state index in [1.54, 1.807) is 0 Å². The number of aryl methyl sites for hydroxylation is 1. The topological polar surface area (TPSA) is 43.2 Å². The van der Waals surface area contributed by atoms with Crippen LogP contribution in [0.4, 0.5) is 0 Å². The SMILES string of the molecule is CN(C)CCOc1ccc(/C(=C(\c2ccccc2)c2cn(CCCCCCCCC[P+](c3ccccc3)(c3ccccc3)c3ccccc3)nn2)c2ccccc2)cc1.[Br-]. The summed E-state index contributed by atoms with van der Waals surface area (Å²) < 4.78 is 8.08. The Morgan fingerprint density at radius 3 is 1.45 bits per heavy atom. The minimum atomic E-state index is -1.75. The van der Waals surface area contributed by atoms with Crippen LogP contribution in [0.1, 0.15) is 67.3 Å². The Morgan fingerprint density at radius 1 is 0.517 bits per heavy atom. The molecule has 1 heterocycles. The van der Waals surface area contributed by atoms with Crippen LogP contribution >= 0.6 is 7.26 Å². The van der Waals surface area contributed by atoms with E-state index in [1.807, 2.05) is 4.68 Å². The third-order valence-electron chi connectivity index (χ3n) is 11.1. The number of hydrogen-bond acceptors (Lipinski definition) is 4. The molecule has 1 aromatic heterocycles. The van der Waals surface area contributed by atoms with E-state index < -0.39 is 7.26 Å². The summed E-state index contributed by atoms with van der Waals surface area (Å²) in [5, 5.41) is 13.9. The normalized spacial score (nSPS) is 11.8. The minimum absolute atomic E-state index is 0. The van der Waals surface area contributed by atoms with Gasteiger partial charge in [-0.3, -0.25) is 4.68 Å². The van der Waals surface area contributed by atoms with Crippen molar-refractivity contribution in [1.82, 2.24) is 19.9 Å². The fourth-order valence-electron chi connectivity index (χ4n) is 8.06. The van der Waals surface area contributed by atoms with Gasteiger partial charge in [0.05, 0.1) is 12.4 Å². The molecule has 0 radical (unpaired) electrons. The predicted molar refractivity (Wildman–Crippen MR) is 251 cm³/mol. The van der Waals surface area contributed by atoms with Gasteiger partial charge in [0.15, 0.2) is 0 Å². The zero-order chi connectivity index (χ0) is 40.5. The quantitative estimate of drug-likeness (QED) is 0.0418. The molecule has 308 valence electrons. The molecule has 0 atom stereocenters. The van der Waals surface area contributed by atoms with E-state index in [-0.39, 0.29) is 17.0 Å². The summed E-state index contributed by atoms with van der Waals surface area (Å²) in [6.45, 7) is 2.37. The van der Waals surface area contributed by atoms with Gasteiger partial charge in [0.25, 0.3) is 0 Å². The molecule has 0 aliphatic heterocycles. The maximum absolute atomic E-state index is 6.04. The highest BCUT2D eigenvalue weighted by Gasteiger charge is 2.44. The van der Waals surface area contributed by atoms with E-state index in [0.717, 1.165) is 58.8 Å². The Morgan fingerprint density at radius 2 is 0.950 bits per heavy atom. The number of rotatable bonds is 21. The second kappa shape index (κ2) is 23.0. The van der Waals surface area contributed by atoms with Crippen LogP contribution in [-0.4, -0.2) is 53.3 Å². The van der Waals surface area contributed by atoms with Gasteiger partial charge < -0.3 is 26.6 Å². The van der Waals surface area contributed by atoms with Crippen LogP contribution in [0.15, 0.2) is 182 Å². The van der Waals surface area contributed by atoms with E-state index in [2.05, 4.69) is 206 Å². The number of likely N-dealkylation sites (N-methyl/N-ethyl adjacent to an activating group) is 1. The van der Waals surface area contributed by atoms with E-state index in [1.165, 1.54) is 60.6 Å². The molecule has 0 saturated carbocycles. The number of benzene rings is 6. The molecule has 0 N–H and O–H groups in total. The number of halogens is 1. The highest BCUT2D eigenvalue weighted by molar-refractivity contribution is 7.95. The summed E-state index contributed by atoms with van der Waals surface area (Å²) in [6, 6.07) is 63.5. The van der Waals surface area contributed by atoms with E-state index in [9.17, 15) is 0 Å². The van der Waals surface area contributed by atoms with Crippen LogP contribution in [0.2, 0.25) is 0 Å². The molecule has 0 fully saturated rings. The molecule has 7 aromatic rings. The van der Waals surface area contributed by atoms with Crippen molar-refractivity contribution in [2.24, 2.45) is 0 Å². The Labute approximate surface area is 369 Å². The fraction of sp³-hybridized carbons (Fsp3) is 0.245. The van der Waals surface area contributed by atoms with E-state index in [0.29, 0.717) is 6.61 Å². The van der Waals surface area contributed by atoms with Gasteiger partial charge in [-0.2, -0.15) is 0 Å². The van der Waals surface area contributed by atoms with E-state index in [4.69, 9.17) is 9.84 Å². The van der Waals surface area contributed by atoms with Gasteiger partial charge in [-0.05, 0) is 104 Å². The number of ether oxygens (including phenoxy) is 1. The standard InChI is InChI=1S/C53H58N4OP.BrH/c1-56(2)40-41-58-47-37-35-46(36-38-47)52(44-25-13-8-14-26-44)53(45-27-15-9-16-28-45)51-43-57(55-54-51)39-23-6-4-3-5-7-24-42-59(48-29-17-10-18-30-48,49-31-19-11-20-32-49)50-33-21-12-22-34-50;/h8-22,25-38,43H,3-7,23-24,39-42H2,1-2H3;1H/q+1;/p-1/b53-52+;. The third-order valence-corrected chi connectivity index (χ3v) is 15.6. The molecular weight excluding hydrogens is 819 g/mol. The van der Waals surface area contributed by atoms with E-state index >= 15 is 0 Å². The Hall–Kier alpha value is -5.13. The molecule has 7 rings (SSSR count). The van der Waals surface area contributed by atoms with Gasteiger partial charge in [0, 0.05) is 18.7 Å². The van der Waals surface area contributed by atoms with Gasteiger partial charge in [-0.1, -0.05) is 158 Å². The Kier molecular flexibility index (Phi) is 17.0. The summed E-state index contributed by atoms with van der Waals surface area (Å²) in [5.41, 5.74) is 6.43. The zero-order valence-corrected chi connectivity index (χ0v) is 37.6. The lowest BCUT2D eigenvalue weighted by Crippen LogP contribution is -3.00. The molecule has 0 aliphatic carbocycles. The van der Waals surface area contributed by atoms with Crippen molar-refractivity contribution in [2.45, 2.75) is 51.5 Å². The highest BCUT2D eigenvalue weighted by atomic mass is 79.9. The molecule has 60 heavy (non-hydrogen) atoms. The molecule has 6 aromatic carbocycles. The molecule has 0 amide bonds.